The summed E-state index contributed by atoms with van der Waals surface area (Å²) in [6.45, 7) is 3.12. The molecule has 4 atom stereocenters. The van der Waals surface area contributed by atoms with Crippen molar-refractivity contribution in [3.8, 4) is 0 Å². The first kappa shape index (κ1) is 20.6. The number of carbonyl (C=O) groups excluding carboxylic acids is 1. The van der Waals surface area contributed by atoms with Crippen molar-refractivity contribution >= 4 is 23.3 Å². The third-order valence-corrected chi connectivity index (χ3v) is 7.12. The molecule has 31 heavy (non-hydrogen) atoms. The highest BCUT2D eigenvalue weighted by atomic mass is 35.5. The van der Waals surface area contributed by atoms with Gasteiger partial charge in [-0.25, -0.2) is 4.68 Å². The van der Waals surface area contributed by atoms with Crippen LogP contribution in [-0.2, 0) is 0 Å². The second-order valence-electron chi connectivity index (χ2n) is 8.61. The van der Waals surface area contributed by atoms with E-state index >= 15 is 0 Å². The maximum absolute atomic E-state index is 13.9. The number of aromatic nitrogens is 2. The molecule has 4 heterocycles. The van der Waals surface area contributed by atoms with Gasteiger partial charge in [-0.3, -0.25) is 4.79 Å². The molecule has 5 rings (SSSR count). The lowest BCUT2D eigenvalue weighted by molar-refractivity contribution is -0.916. The molecule has 0 bridgehead atoms. The van der Waals surface area contributed by atoms with E-state index in [1.54, 1.807) is 29.2 Å². The van der Waals surface area contributed by atoms with Crippen molar-refractivity contribution in [2.24, 2.45) is 0 Å². The van der Waals surface area contributed by atoms with Gasteiger partial charge in [0.25, 0.3) is 5.91 Å². The molecule has 10 heteroatoms. The predicted octanol–water partition coefficient (Wildman–Crippen LogP) is 2.70. The molecular weight excluding hydrogens is 431 g/mol. The zero-order valence-electron chi connectivity index (χ0n) is 16.8. The molecule has 1 amide bonds. The van der Waals surface area contributed by atoms with Crippen LogP contribution in [0.4, 0.5) is 19.0 Å². The first-order valence-corrected chi connectivity index (χ1v) is 11.0. The molecule has 0 aliphatic carbocycles. The molecule has 6 nitrogen and oxygen atoms in total. The molecule has 0 spiro atoms. The van der Waals surface area contributed by atoms with Crippen LogP contribution in [0.2, 0.25) is 5.02 Å². The maximum Gasteiger partial charge on any atom is 0.410 e. The Morgan fingerprint density at radius 3 is 2.74 bits per heavy atom. The minimum Gasteiger partial charge on any atom is -0.362 e. The summed E-state index contributed by atoms with van der Waals surface area (Å²) in [4.78, 5) is 16.4. The zero-order chi connectivity index (χ0) is 21.8. The summed E-state index contributed by atoms with van der Waals surface area (Å²) < 4.78 is 42.6. The number of quaternary nitrogens is 1. The second kappa shape index (κ2) is 7.70. The quantitative estimate of drug-likeness (QED) is 0.733. The number of nitrogens with one attached hydrogen (secondary N) is 2. The highest BCUT2D eigenvalue weighted by Crippen LogP contribution is 2.46. The number of benzene rings is 1. The summed E-state index contributed by atoms with van der Waals surface area (Å²) in [5.41, 5.74) is 0.627. The third-order valence-electron chi connectivity index (χ3n) is 6.76. The van der Waals surface area contributed by atoms with E-state index in [0.717, 1.165) is 36.2 Å². The van der Waals surface area contributed by atoms with Crippen LogP contribution >= 0.6 is 11.6 Å². The predicted molar refractivity (Wildman–Crippen MR) is 109 cm³/mol. The van der Waals surface area contributed by atoms with Crippen molar-refractivity contribution in [1.82, 2.24) is 14.7 Å². The average Bonchev–Trinajstić information content (AvgIpc) is 3.36. The summed E-state index contributed by atoms with van der Waals surface area (Å²) in [5.74, 6) is -0.339. The number of halogens is 4. The molecule has 1 aromatic carbocycles. The highest BCUT2D eigenvalue weighted by molar-refractivity contribution is 6.36. The Labute approximate surface area is 182 Å². The van der Waals surface area contributed by atoms with Gasteiger partial charge in [0, 0.05) is 19.3 Å². The molecule has 3 aliphatic rings. The molecule has 166 valence electrons. The van der Waals surface area contributed by atoms with Crippen molar-refractivity contribution in [1.29, 1.82) is 0 Å². The zero-order valence-corrected chi connectivity index (χ0v) is 17.6. The molecule has 1 unspecified atom stereocenters. The SMILES string of the molecule is O=C(c1nn2c(c1Cl)N[C@H](c1ccccc1)C[C@@H]2C(F)(F)F)N1CC[NH+]2CCC[C@@H]2C1. The minimum absolute atomic E-state index is 0.0407. The number of alkyl halides is 3. The summed E-state index contributed by atoms with van der Waals surface area (Å²) in [7, 11) is 0. The fourth-order valence-electron chi connectivity index (χ4n) is 5.13. The first-order valence-electron chi connectivity index (χ1n) is 10.6. The van der Waals surface area contributed by atoms with Crippen LogP contribution in [0.5, 0.6) is 0 Å². The number of amides is 1. The molecule has 1 aromatic heterocycles. The van der Waals surface area contributed by atoms with Crippen LogP contribution in [-0.4, -0.2) is 59.0 Å². The average molecular weight is 455 g/mol. The Morgan fingerprint density at radius 2 is 2.00 bits per heavy atom. The summed E-state index contributed by atoms with van der Waals surface area (Å²) in [5, 5.41) is 7.14. The van der Waals surface area contributed by atoms with E-state index in [1.165, 1.54) is 4.90 Å². The molecule has 2 saturated heterocycles. The van der Waals surface area contributed by atoms with Crippen LogP contribution in [0.1, 0.15) is 47.4 Å². The fourth-order valence-corrected chi connectivity index (χ4v) is 5.39. The summed E-state index contributed by atoms with van der Waals surface area (Å²) >= 11 is 6.47. The van der Waals surface area contributed by atoms with Crippen LogP contribution in [0.3, 0.4) is 0 Å². The van der Waals surface area contributed by atoms with Gasteiger partial charge in [-0.15, -0.1) is 0 Å². The summed E-state index contributed by atoms with van der Waals surface area (Å²) in [6, 6.07) is 6.89. The topological polar surface area (TPSA) is 54.6 Å². The number of fused-ring (bicyclic) bond motifs is 2. The van der Waals surface area contributed by atoms with Gasteiger partial charge < -0.3 is 15.1 Å². The van der Waals surface area contributed by atoms with Crippen LogP contribution < -0.4 is 10.2 Å². The molecule has 2 aromatic rings. The number of carbonyl (C=O) groups is 1. The van der Waals surface area contributed by atoms with Gasteiger partial charge >= 0.3 is 6.18 Å². The second-order valence-corrected chi connectivity index (χ2v) is 8.98. The van der Waals surface area contributed by atoms with Crippen molar-refractivity contribution in [3.05, 3.63) is 46.6 Å². The van der Waals surface area contributed by atoms with E-state index in [2.05, 4.69) is 10.4 Å². The van der Waals surface area contributed by atoms with Crippen molar-refractivity contribution in [3.63, 3.8) is 0 Å². The van der Waals surface area contributed by atoms with Crippen LogP contribution in [0.25, 0.3) is 0 Å². The summed E-state index contributed by atoms with van der Waals surface area (Å²) in [6.07, 6.45) is -2.54. The minimum atomic E-state index is -4.52. The number of piperazine rings is 1. The molecule has 2 fully saturated rings. The third kappa shape index (κ3) is 3.67. The van der Waals surface area contributed by atoms with E-state index in [4.69, 9.17) is 11.6 Å². The Morgan fingerprint density at radius 1 is 1.23 bits per heavy atom. The van der Waals surface area contributed by atoms with Crippen molar-refractivity contribution in [2.45, 2.75) is 43.6 Å². The van der Waals surface area contributed by atoms with E-state index in [-0.39, 0.29) is 23.0 Å². The monoisotopic (exact) mass is 454 g/mol. The van der Waals surface area contributed by atoms with E-state index in [1.807, 2.05) is 6.07 Å². The van der Waals surface area contributed by atoms with Gasteiger partial charge in [-0.05, 0) is 5.56 Å². The van der Waals surface area contributed by atoms with Crippen LogP contribution in [0, 0.1) is 0 Å². The van der Waals surface area contributed by atoms with Gasteiger partial charge in [0.2, 0.25) is 0 Å². The smallest absolute Gasteiger partial charge is 0.362 e. The Balaban J connectivity index is 1.47. The number of rotatable bonds is 2. The van der Waals surface area contributed by atoms with Crippen LogP contribution in [0.15, 0.2) is 30.3 Å². The Hall–Kier alpha value is -2.26. The van der Waals surface area contributed by atoms with Gasteiger partial charge in [0.05, 0.1) is 32.2 Å². The number of anilines is 1. The maximum atomic E-state index is 13.9. The van der Waals surface area contributed by atoms with E-state index in [9.17, 15) is 18.0 Å². The van der Waals surface area contributed by atoms with Crippen molar-refractivity contribution in [2.75, 3.05) is 31.5 Å². The molecule has 0 saturated carbocycles. The molecular formula is C21H24ClF3N5O+. The number of hydrogen-bond donors (Lipinski definition) is 2. The number of nitrogens with zero attached hydrogens (tertiary/aromatic N) is 3. The Kier molecular flexibility index (Phi) is 5.13. The Bertz CT molecular complexity index is 979. The van der Waals surface area contributed by atoms with E-state index < -0.39 is 24.2 Å². The highest BCUT2D eigenvalue weighted by Gasteiger charge is 2.48. The lowest BCUT2D eigenvalue weighted by Crippen LogP contribution is -3.16. The lowest BCUT2D eigenvalue weighted by Gasteiger charge is -2.34. The fraction of sp³-hybridized carbons (Fsp3) is 0.524. The first-order chi connectivity index (χ1) is 14.8. The van der Waals surface area contributed by atoms with Gasteiger partial charge in [-0.1, -0.05) is 41.9 Å². The largest absolute Gasteiger partial charge is 0.410 e. The van der Waals surface area contributed by atoms with Gasteiger partial charge in [-0.2, -0.15) is 18.3 Å². The normalized spacial score (nSPS) is 28.1. The van der Waals surface area contributed by atoms with Gasteiger partial charge in [0.15, 0.2) is 11.7 Å². The van der Waals surface area contributed by atoms with E-state index in [0.29, 0.717) is 19.1 Å². The molecule has 3 aliphatic heterocycles. The number of hydrogen-bond acceptors (Lipinski definition) is 3. The lowest BCUT2D eigenvalue weighted by atomic mass is 9.97. The molecule has 0 radical (unpaired) electrons. The van der Waals surface area contributed by atoms with Crippen molar-refractivity contribution < 1.29 is 22.9 Å². The molecule has 2 N–H and O–H groups in total. The standard InChI is InChI=1S/C21H23ClF3N5O/c22-17-18(20(31)29-10-9-28-8-4-7-14(28)12-29)27-30-16(21(23,24)25)11-15(26-19(17)30)13-5-2-1-3-6-13/h1-3,5-6,14-16,26H,4,7-12H2/p+1/t14-,15+,16-/m1/s1. The van der Waals surface area contributed by atoms with Gasteiger partial charge in [0.1, 0.15) is 16.9 Å².